The molecule has 1 aliphatic rings. The number of benzene rings is 1. The van der Waals surface area contributed by atoms with Gasteiger partial charge in [0.15, 0.2) is 11.6 Å². The molecule has 0 atom stereocenters. The number of carbonyl (C=O) groups is 2. The number of ketones is 2. The van der Waals surface area contributed by atoms with Crippen LogP contribution in [0.3, 0.4) is 0 Å². The van der Waals surface area contributed by atoms with Crippen LogP contribution in [0.4, 0.5) is 5.69 Å². The van der Waals surface area contributed by atoms with E-state index in [4.69, 9.17) is 0 Å². The van der Waals surface area contributed by atoms with E-state index in [9.17, 15) is 14.9 Å². The van der Waals surface area contributed by atoms with Crippen LogP contribution in [0.2, 0.25) is 0 Å². The van der Waals surface area contributed by atoms with Crippen LogP contribution < -0.4 is 5.32 Å². The first-order chi connectivity index (χ1) is 13.9. The lowest BCUT2D eigenvalue weighted by atomic mass is 9.76. The quantitative estimate of drug-likeness (QED) is 0.550. The molecule has 5 heteroatoms. The maximum atomic E-state index is 12.6. The van der Waals surface area contributed by atoms with E-state index in [2.05, 4.69) is 23.7 Å². The lowest BCUT2D eigenvalue weighted by Crippen LogP contribution is -2.27. The van der Waals surface area contributed by atoms with E-state index >= 15 is 0 Å². The molecule has 0 fully saturated rings. The summed E-state index contributed by atoms with van der Waals surface area (Å²) in [4.78, 5) is 24.9. The fourth-order valence-electron chi connectivity index (χ4n) is 3.93. The third kappa shape index (κ3) is 4.23. The van der Waals surface area contributed by atoms with Crippen LogP contribution >= 0.6 is 0 Å². The highest BCUT2D eigenvalue weighted by Gasteiger charge is 2.34. The number of nitriles is 1. The zero-order valence-corrected chi connectivity index (χ0v) is 18.6. The summed E-state index contributed by atoms with van der Waals surface area (Å²) in [6, 6.07) is 11.7. The molecule has 3 rings (SSSR count). The number of rotatable bonds is 4. The Morgan fingerprint density at radius 2 is 1.83 bits per heavy atom. The van der Waals surface area contributed by atoms with Gasteiger partial charge in [-0.2, -0.15) is 5.26 Å². The van der Waals surface area contributed by atoms with Gasteiger partial charge < -0.3 is 9.88 Å². The number of nitrogens with one attached hydrogen (secondary N) is 1. The van der Waals surface area contributed by atoms with Crippen molar-refractivity contribution in [1.29, 1.82) is 5.26 Å². The maximum Gasteiger partial charge on any atom is 0.180 e. The standard InChI is InChI=1S/C25H29N3O2/c1-16-11-20-21(12-25(5,6)13-22(20)29)28(16)19-9-7-18(8-10-19)27-15-17(14-26)23(30)24(2,3)4/h7-11,15,27H,12-13H2,1-6H3. The minimum Gasteiger partial charge on any atom is -0.360 e. The molecule has 1 N–H and O–H groups in total. The molecule has 0 aliphatic heterocycles. The maximum absolute atomic E-state index is 12.6. The minimum absolute atomic E-state index is 0.0494. The molecule has 5 nitrogen and oxygen atoms in total. The second-order valence-electron chi connectivity index (χ2n) is 9.86. The molecule has 1 heterocycles. The summed E-state index contributed by atoms with van der Waals surface area (Å²) in [6.45, 7) is 11.7. The average molecular weight is 404 g/mol. The molecule has 0 radical (unpaired) electrons. The lowest BCUT2D eigenvalue weighted by Gasteiger charge is -2.30. The second kappa shape index (κ2) is 7.60. The number of hydrogen-bond acceptors (Lipinski definition) is 4. The van der Waals surface area contributed by atoms with E-state index in [0.29, 0.717) is 6.42 Å². The number of aryl methyl sites for hydroxylation is 1. The summed E-state index contributed by atoms with van der Waals surface area (Å²) in [7, 11) is 0. The van der Waals surface area contributed by atoms with Crippen molar-refractivity contribution in [3.05, 3.63) is 59.1 Å². The number of anilines is 1. The molecule has 1 aromatic carbocycles. The number of carbonyl (C=O) groups excluding carboxylic acids is 2. The van der Waals surface area contributed by atoms with Gasteiger partial charge >= 0.3 is 0 Å². The highest BCUT2D eigenvalue weighted by atomic mass is 16.1. The van der Waals surface area contributed by atoms with E-state index in [-0.39, 0.29) is 22.6 Å². The van der Waals surface area contributed by atoms with Crippen LogP contribution in [-0.2, 0) is 11.2 Å². The second-order valence-corrected chi connectivity index (χ2v) is 9.86. The van der Waals surface area contributed by atoms with Crippen molar-refractivity contribution in [2.45, 2.75) is 54.4 Å². The number of fused-ring (bicyclic) bond motifs is 1. The van der Waals surface area contributed by atoms with E-state index < -0.39 is 5.41 Å². The molecule has 0 saturated carbocycles. The van der Waals surface area contributed by atoms with E-state index in [1.54, 1.807) is 20.8 Å². The van der Waals surface area contributed by atoms with Crippen molar-refractivity contribution >= 4 is 17.3 Å². The third-order valence-corrected chi connectivity index (χ3v) is 5.43. The van der Waals surface area contributed by atoms with E-state index in [1.165, 1.54) is 6.20 Å². The number of nitrogens with zero attached hydrogens (tertiary/aromatic N) is 2. The molecule has 0 saturated heterocycles. The van der Waals surface area contributed by atoms with E-state index in [0.717, 1.165) is 34.7 Å². The SMILES string of the molecule is Cc1cc2c(n1-c1ccc(NC=C(C#N)C(=O)C(C)(C)C)cc1)CC(C)(C)CC2=O. The molecule has 0 unspecified atom stereocenters. The van der Waals surface area contributed by atoms with Gasteiger partial charge in [-0.25, -0.2) is 0 Å². The highest BCUT2D eigenvalue weighted by Crippen LogP contribution is 2.37. The van der Waals surface area contributed by atoms with Gasteiger partial charge in [0, 0.05) is 46.4 Å². The Hall–Kier alpha value is -3.13. The van der Waals surface area contributed by atoms with Crippen molar-refractivity contribution < 1.29 is 9.59 Å². The summed E-state index contributed by atoms with van der Waals surface area (Å²) >= 11 is 0. The smallest absolute Gasteiger partial charge is 0.180 e. The fraction of sp³-hybridized carbons (Fsp3) is 0.400. The van der Waals surface area contributed by atoms with Crippen LogP contribution in [0.5, 0.6) is 0 Å². The Bertz CT molecular complexity index is 1070. The molecule has 2 aromatic rings. The molecule has 0 bridgehead atoms. The fourth-order valence-corrected chi connectivity index (χ4v) is 3.93. The number of aromatic nitrogens is 1. The molecule has 1 aliphatic carbocycles. The Kier molecular flexibility index (Phi) is 5.47. The number of Topliss-reactive ketones (excluding diaryl/α,β-unsaturated/α-hetero) is 2. The predicted molar refractivity (Wildman–Crippen MR) is 119 cm³/mol. The van der Waals surface area contributed by atoms with Crippen molar-refractivity contribution in [1.82, 2.24) is 4.57 Å². The normalized spacial score (nSPS) is 16.0. The summed E-state index contributed by atoms with van der Waals surface area (Å²) in [5, 5.41) is 12.4. The Balaban J connectivity index is 1.88. The molecule has 30 heavy (non-hydrogen) atoms. The molecule has 1 aromatic heterocycles. The highest BCUT2D eigenvalue weighted by molar-refractivity contribution is 6.02. The van der Waals surface area contributed by atoms with Crippen molar-refractivity contribution in [2.24, 2.45) is 10.8 Å². The minimum atomic E-state index is -0.608. The van der Waals surface area contributed by atoms with Crippen LogP contribution in [0.15, 0.2) is 42.1 Å². The molecule has 156 valence electrons. The van der Waals surface area contributed by atoms with Gasteiger partial charge in [0.2, 0.25) is 0 Å². The van der Waals surface area contributed by atoms with Gasteiger partial charge in [-0.15, -0.1) is 0 Å². The molecular weight excluding hydrogens is 374 g/mol. The van der Waals surface area contributed by atoms with E-state index in [1.807, 2.05) is 43.3 Å². The number of allylic oxidation sites excluding steroid dienone is 1. The molecule has 0 amide bonds. The van der Waals surface area contributed by atoms with Crippen LogP contribution in [0.25, 0.3) is 5.69 Å². The Morgan fingerprint density at radius 3 is 2.40 bits per heavy atom. The van der Waals surface area contributed by atoms with Crippen LogP contribution in [0.1, 0.15) is 62.8 Å². The monoisotopic (exact) mass is 403 g/mol. The van der Waals surface area contributed by atoms with Crippen molar-refractivity contribution in [3.63, 3.8) is 0 Å². The average Bonchev–Trinajstić information content (AvgIpc) is 2.97. The lowest BCUT2D eigenvalue weighted by molar-refractivity contribution is -0.122. The third-order valence-electron chi connectivity index (χ3n) is 5.43. The number of hydrogen-bond donors (Lipinski definition) is 1. The van der Waals surface area contributed by atoms with Gasteiger partial charge in [0.05, 0.1) is 0 Å². The zero-order chi connectivity index (χ0) is 22.3. The van der Waals surface area contributed by atoms with Gasteiger partial charge in [0.25, 0.3) is 0 Å². The Morgan fingerprint density at radius 1 is 1.20 bits per heavy atom. The summed E-state index contributed by atoms with van der Waals surface area (Å²) in [6.07, 6.45) is 2.89. The first-order valence-electron chi connectivity index (χ1n) is 10.2. The first-order valence-corrected chi connectivity index (χ1v) is 10.2. The van der Waals surface area contributed by atoms with Gasteiger partial charge in [-0.3, -0.25) is 9.59 Å². The predicted octanol–water partition coefficient (Wildman–Crippen LogP) is 5.38. The summed E-state index contributed by atoms with van der Waals surface area (Å²) in [5.74, 6) is 0.00932. The van der Waals surface area contributed by atoms with Crippen molar-refractivity contribution in [2.75, 3.05) is 5.32 Å². The summed E-state index contributed by atoms with van der Waals surface area (Å²) in [5.41, 5.74) is 4.14. The zero-order valence-electron chi connectivity index (χ0n) is 18.6. The van der Waals surface area contributed by atoms with Gasteiger partial charge in [0.1, 0.15) is 11.6 Å². The summed E-state index contributed by atoms with van der Waals surface area (Å²) < 4.78 is 2.15. The van der Waals surface area contributed by atoms with Gasteiger partial charge in [-0.05, 0) is 49.1 Å². The first kappa shape index (κ1) is 21.6. The van der Waals surface area contributed by atoms with Crippen molar-refractivity contribution in [3.8, 4) is 11.8 Å². The largest absolute Gasteiger partial charge is 0.360 e. The van der Waals surface area contributed by atoms with Gasteiger partial charge in [-0.1, -0.05) is 34.6 Å². The molecule has 0 spiro atoms. The van der Waals surface area contributed by atoms with Crippen LogP contribution in [0, 0.1) is 29.1 Å². The molecular formula is C25H29N3O2. The van der Waals surface area contributed by atoms with Crippen LogP contribution in [-0.4, -0.2) is 16.1 Å². The Labute approximate surface area is 178 Å². The topological polar surface area (TPSA) is 74.9 Å².